The third-order valence-electron chi connectivity index (χ3n) is 4.75. The summed E-state index contributed by atoms with van der Waals surface area (Å²) >= 11 is 6.98. The first-order valence-corrected chi connectivity index (χ1v) is 9.22. The van der Waals surface area contributed by atoms with E-state index in [1.54, 1.807) is 0 Å². The molecule has 1 heterocycles. The van der Waals surface area contributed by atoms with Crippen LogP contribution in [0.1, 0.15) is 48.1 Å². The highest BCUT2D eigenvalue weighted by Crippen LogP contribution is 2.53. The lowest BCUT2D eigenvalue weighted by molar-refractivity contribution is -0.113. The predicted molar refractivity (Wildman–Crippen MR) is 96.7 cm³/mol. The van der Waals surface area contributed by atoms with Crippen LogP contribution in [0.2, 0.25) is 0 Å². The van der Waals surface area contributed by atoms with E-state index in [4.69, 9.17) is 11.6 Å². The van der Waals surface area contributed by atoms with Gasteiger partial charge in [-0.1, -0.05) is 30.7 Å². The lowest BCUT2D eigenvalue weighted by Crippen LogP contribution is -2.38. The van der Waals surface area contributed by atoms with E-state index in [-0.39, 0.29) is 17.2 Å². The van der Waals surface area contributed by atoms with Crippen LogP contribution < -0.4 is 5.32 Å². The van der Waals surface area contributed by atoms with Gasteiger partial charge in [-0.05, 0) is 43.2 Å². The quantitative estimate of drug-likeness (QED) is 0.808. The Labute approximate surface area is 146 Å². The molecule has 5 heteroatoms. The van der Waals surface area contributed by atoms with Gasteiger partial charge in [0.05, 0.1) is 5.69 Å². The monoisotopic (exact) mass is 348 g/mol. The van der Waals surface area contributed by atoms with Crippen molar-refractivity contribution in [1.82, 2.24) is 4.98 Å². The molecule has 1 amide bonds. The summed E-state index contributed by atoms with van der Waals surface area (Å²) in [6.07, 6.45) is 2.20. The van der Waals surface area contributed by atoms with Crippen LogP contribution in [0.25, 0.3) is 0 Å². The number of aromatic nitrogens is 1. The van der Waals surface area contributed by atoms with Crippen molar-refractivity contribution in [3.8, 4) is 0 Å². The summed E-state index contributed by atoms with van der Waals surface area (Å²) in [5, 5.41) is 5.42. The molecule has 3 rings (SSSR count). The largest absolute Gasteiger partial charge is 0.301 e. The second kappa shape index (κ2) is 6.25. The lowest BCUT2D eigenvalue weighted by atomic mass is 9.58. The average Bonchev–Trinajstić information content (AvgIpc) is 2.94. The number of hydrogen-bond acceptors (Lipinski definition) is 3. The molecule has 3 nitrogen and oxygen atoms in total. The van der Waals surface area contributed by atoms with Crippen LogP contribution in [0.5, 0.6) is 0 Å². The number of nitrogens with zero attached hydrogens (tertiary/aromatic N) is 1. The number of benzene rings is 1. The Morgan fingerprint density at radius 2 is 2.17 bits per heavy atom. The van der Waals surface area contributed by atoms with Crippen molar-refractivity contribution in [1.29, 1.82) is 0 Å². The zero-order valence-electron chi connectivity index (χ0n) is 13.6. The van der Waals surface area contributed by atoms with Crippen molar-refractivity contribution in [2.24, 2.45) is 0 Å². The molecular weight excluding hydrogens is 328 g/mol. The number of thiazole rings is 1. The lowest BCUT2D eigenvalue weighted by Gasteiger charge is -2.46. The van der Waals surface area contributed by atoms with Crippen LogP contribution in [0.4, 0.5) is 5.13 Å². The molecule has 1 aliphatic rings. The maximum absolute atomic E-state index is 11.3. The zero-order valence-corrected chi connectivity index (χ0v) is 15.2. The van der Waals surface area contributed by atoms with Crippen LogP contribution >= 0.6 is 22.9 Å². The van der Waals surface area contributed by atoms with Crippen LogP contribution in [-0.4, -0.2) is 16.8 Å². The molecule has 1 aliphatic carbocycles. The Kier molecular flexibility index (Phi) is 4.47. The van der Waals surface area contributed by atoms with Gasteiger partial charge in [0.2, 0.25) is 5.91 Å². The molecule has 1 saturated carbocycles. The molecule has 23 heavy (non-hydrogen) atoms. The number of hydrogen-bond donors (Lipinski definition) is 1. The third-order valence-corrected chi connectivity index (χ3v) is 5.76. The first-order valence-electron chi connectivity index (χ1n) is 7.80. The van der Waals surface area contributed by atoms with Gasteiger partial charge < -0.3 is 5.32 Å². The fourth-order valence-electron chi connectivity index (χ4n) is 3.53. The maximum atomic E-state index is 11.3. The Morgan fingerprint density at radius 1 is 1.43 bits per heavy atom. The van der Waals surface area contributed by atoms with Gasteiger partial charge in [0, 0.05) is 11.3 Å². The number of nitrogens with one attached hydrogen (secondary N) is 1. The van der Waals surface area contributed by atoms with Gasteiger partial charge in [-0.25, -0.2) is 4.98 Å². The van der Waals surface area contributed by atoms with Crippen molar-refractivity contribution in [3.05, 3.63) is 46.0 Å². The van der Waals surface area contributed by atoms with Crippen LogP contribution in [0.3, 0.4) is 0 Å². The maximum Gasteiger partial charge on any atom is 0.241 e. The van der Waals surface area contributed by atoms with Crippen molar-refractivity contribution in [2.75, 3.05) is 11.2 Å². The molecule has 0 atom stereocenters. The molecule has 0 saturated heterocycles. The van der Waals surface area contributed by atoms with E-state index in [0.717, 1.165) is 18.5 Å². The highest BCUT2D eigenvalue weighted by Gasteiger charge is 2.43. The van der Waals surface area contributed by atoms with E-state index in [9.17, 15) is 4.79 Å². The van der Waals surface area contributed by atoms with Crippen LogP contribution in [-0.2, 0) is 10.2 Å². The first-order chi connectivity index (χ1) is 10.9. The molecule has 0 bridgehead atoms. The SMILES string of the molecule is Cc1ccc(C)c(C2(C)CC(c3csc(NC(=O)CCl)n3)C2)c1. The summed E-state index contributed by atoms with van der Waals surface area (Å²) in [6, 6.07) is 6.70. The third kappa shape index (κ3) is 3.29. The number of halogens is 1. The molecular formula is C18H21ClN2OS. The summed E-state index contributed by atoms with van der Waals surface area (Å²) in [5.41, 5.74) is 5.45. The predicted octanol–water partition coefficient (Wildman–Crippen LogP) is 4.77. The number of alkyl halides is 1. The summed E-state index contributed by atoms with van der Waals surface area (Å²) < 4.78 is 0. The minimum atomic E-state index is -0.207. The van der Waals surface area contributed by atoms with E-state index in [1.807, 2.05) is 0 Å². The van der Waals surface area contributed by atoms with E-state index in [2.05, 4.69) is 54.7 Å². The van der Waals surface area contributed by atoms with E-state index in [1.165, 1.54) is 28.0 Å². The topological polar surface area (TPSA) is 42.0 Å². The van der Waals surface area contributed by atoms with Gasteiger partial charge in [-0.2, -0.15) is 0 Å². The highest BCUT2D eigenvalue weighted by molar-refractivity contribution is 7.14. The van der Waals surface area contributed by atoms with Crippen molar-refractivity contribution in [3.63, 3.8) is 0 Å². The Hall–Kier alpha value is -1.39. The second-order valence-corrected chi connectivity index (χ2v) is 7.87. The van der Waals surface area contributed by atoms with Crippen molar-refractivity contribution in [2.45, 2.75) is 44.9 Å². The highest BCUT2D eigenvalue weighted by atomic mass is 35.5. The van der Waals surface area contributed by atoms with Crippen LogP contribution in [0.15, 0.2) is 23.6 Å². The number of anilines is 1. The van der Waals surface area contributed by atoms with Crippen LogP contribution in [0, 0.1) is 13.8 Å². The molecule has 122 valence electrons. The minimum absolute atomic E-state index is 0.0386. The second-order valence-electron chi connectivity index (χ2n) is 6.74. The summed E-state index contributed by atoms with van der Waals surface area (Å²) in [7, 11) is 0. The summed E-state index contributed by atoms with van der Waals surface area (Å²) in [6.45, 7) is 6.68. The van der Waals surface area contributed by atoms with E-state index in [0.29, 0.717) is 11.0 Å². The van der Waals surface area contributed by atoms with Crippen molar-refractivity contribution >= 4 is 34.0 Å². The first kappa shape index (κ1) is 16.5. The molecule has 0 aliphatic heterocycles. The molecule has 0 radical (unpaired) electrons. The Morgan fingerprint density at radius 3 is 2.87 bits per heavy atom. The molecule has 0 spiro atoms. The molecule has 1 aromatic carbocycles. The van der Waals surface area contributed by atoms with Crippen molar-refractivity contribution < 1.29 is 4.79 Å². The number of carbonyl (C=O) groups excluding carboxylic acids is 1. The summed E-state index contributed by atoms with van der Waals surface area (Å²) in [5.74, 6) is 0.225. The molecule has 2 aromatic rings. The molecule has 1 N–H and O–H groups in total. The number of amides is 1. The minimum Gasteiger partial charge on any atom is -0.301 e. The number of rotatable bonds is 4. The van der Waals surface area contributed by atoms with Gasteiger partial charge in [0.15, 0.2) is 5.13 Å². The zero-order chi connectivity index (χ0) is 16.6. The fraction of sp³-hybridized carbons (Fsp3) is 0.444. The van der Waals surface area contributed by atoms with Gasteiger partial charge in [-0.3, -0.25) is 4.79 Å². The standard InChI is InChI=1S/C18H21ClN2OS/c1-11-4-5-12(2)14(6-11)18(3)7-13(8-18)15-10-23-17(20-15)21-16(22)9-19/h4-6,10,13H,7-9H2,1-3H3,(H,20,21,22). The molecule has 1 aromatic heterocycles. The number of aryl methyl sites for hydroxylation is 2. The van der Waals surface area contributed by atoms with Gasteiger partial charge in [0.1, 0.15) is 5.88 Å². The van der Waals surface area contributed by atoms with Gasteiger partial charge in [0.25, 0.3) is 0 Å². The smallest absolute Gasteiger partial charge is 0.241 e. The normalized spacial score (nSPS) is 23.4. The fourth-order valence-corrected chi connectivity index (χ4v) is 4.40. The van der Waals surface area contributed by atoms with E-state index < -0.39 is 0 Å². The molecule has 1 fully saturated rings. The summed E-state index contributed by atoms with van der Waals surface area (Å²) in [4.78, 5) is 15.9. The Bertz CT molecular complexity index is 734. The average molecular weight is 349 g/mol. The Balaban J connectivity index is 1.71. The van der Waals surface area contributed by atoms with Gasteiger partial charge >= 0.3 is 0 Å². The van der Waals surface area contributed by atoms with Gasteiger partial charge in [-0.15, -0.1) is 22.9 Å². The van der Waals surface area contributed by atoms with E-state index >= 15 is 0 Å². The number of carbonyl (C=O) groups is 1. The molecule has 0 unspecified atom stereocenters.